The van der Waals surface area contributed by atoms with E-state index in [0.29, 0.717) is 16.9 Å². The Hall–Kier alpha value is -3.38. The minimum Gasteiger partial charge on any atom is -0.320 e. The first-order chi connectivity index (χ1) is 13.8. The van der Waals surface area contributed by atoms with Crippen molar-refractivity contribution in [3.63, 3.8) is 0 Å². The molecule has 3 aromatic rings. The van der Waals surface area contributed by atoms with E-state index in [2.05, 4.69) is 5.32 Å². The minimum atomic E-state index is -3.48. The molecule has 3 rings (SSSR count). The first kappa shape index (κ1) is 20.4. The summed E-state index contributed by atoms with van der Waals surface area (Å²) in [5, 5.41) is 2.84. The van der Waals surface area contributed by atoms with Crippen molar-refractivity contribution in [1.29, 1.82) is 0 Å². The fourth-order valence-corrected chi connectivity index (χ4v) is 3.27. The summed E-state index contributed by atoms with van der Waals surface area (Å²) in [6.45, 7) is 0. The number of benzene rings is 3. The second kappa shape index (κ2) is 8.75. The number of amides is 1. The maximum absolute atomic E-state index is 12.6. The fourth-order valence-electron chi connectivity index (χ4n) is 2.75. The lowest BCUT2D eigenvalue weighted by molar-refractivity contribution is 0.102. The molecule has 0 aliphatic carbocycles. The first-order valence-electron chi connectivity index (χ1n) is 9.02. The molecule has 0 saturated heterocycles. The van der Waals surface area contributed by atoms with Crippen LogP contribution in [0.5, 0.6) is 0 Å². The third-order valence-electron chi connectivity index (χ3n) is 4.41. The molecule has 0 aliphatic heterocycles. The standard InChI is InChI=1S/C23H22N2O3S/c1-25(29(2,27)28)22-16-15-19(14-13-18-9-5-3-6-10-18)17-21(22)24-23(26)20-11-7-4-8-12-20/h3-17H,1-2H3,(H,24,26)/b14-13+. The van der Waals surface area contributed by atoms with E-state index in [9.17, 15) is 13.2 Å². The van der Waals surface area contributed by atoms with Gasteiger partial charge >= 0.3 is 0 Å². The highest BCUT2D eigenvalue weighted by atomic mass is 32.2. The van der Waals surface area contributed by atoms with Crippen molar-refractivity contribution in [2.75, 3.05) is 22.9 Å². The Kier molecular flexibility index (Phi) is 6.14. The van der Waals surface area contributed by atoms with E-state index in [4.69, 9.17) is 0 Å². The number of sulfonamides is 1. The number of carbonyl (C=O) groups is 1. The van der Waals surface area contributed by atoms with Crippen LogP contribution in [0.2, 0.25) is 0 Å². The van der Waals surface area contributed by atoms with Gasteiger partial charge < -0.3 is 5.32 Å². The maximum Gasteiger partial charge on any atom is 0.255 e. The van der Waals surface area contributed by atoms with E-state index in [0.717, 1.165) is 21.7 Å². The molecule has 0 radical (unpaired) electrons. The lowest BCUT2D eigenvalue weighted by Gasteiger charge is -2.21. The van der Waals surface area contributed by atoms with Gasteiger partial charge in [-0.05, 0) is 35.4 Å². The lowest BCUT2D eigenvalue weighted by Crippen LogP contribution is -2.26. The van der Waals surface area contributed by atoms with Crippen LogP contribution in [0.25, 0.3) is 12.2 Å². The molecule has 1 N–H and O–H groups in total. The van der Waals surface area contributed by atoms with Crippen molar-refractivity contribution in [3.05, 3.63) is 95.6 Å². The molecule has 148 valence electrons. The summed E-state index contributed by atoms with van der Waals surface area (Å²) >= 11 is 0. The fraction of sp³-hybridized carbons (Fsp3) is 0.0870. The SMILES string of the molecule is CN(c1ccc(/C=C/c2ccccc2)cc1NC(=O)c1ccccc1)S(C)(=O)=O. The average molecular weight is 407 g/mol. The molecule has 0 unspecified atom stereocenters. The Morgan fingerprint density at radius 2 is 1.45 bits per heavy atom. The summed E-state index contributed by atoms with van der Waals surface area (Å²) in [7, 11) is -2.02. The summed E-state index contributed by atoms with van der Waals surface area (Å²) in [5.74, 6) is -0.307. The molecule has 6 heteroatoms. The van der Waals surface area contributed by atoms with Gasteiger partial charge in [0.1, 0.15) is 0 Å². The van der Waals surface area contributed by atoms with Crippen LogP contribution in [-0.4, -0.2) is 27.6 Å². The second-order valence-electron chi connectivity index (χ2n) is 6.57. The largest absolute Gasteiger partial charge is 0.320 e. The third kappa shape index (κ3) is 5.33. The number of carbonyl (C=O) groups excluding carboxylic acids is 1. The van der Waals surface area contributed by atoms with Crippen LogP contribution in [0.4, 0.5) is 11.4 Å². The van der Waals surface area contributed by atoms with E-state index in [1.807, 2.05) is 54.6 Å². The number of nitrogens with zero attached hydrogens (tertiary/aromatic N) is 1. The molecule has 0 aliphatic rings. The predicted octanol–water partition coefficient (Wildman–Crippen LogP) is 4.51. The Labute approximate surface area is 171 Å². The van der Waals surface area contributed by atoms with Gasteiger partial charge in [0.25, 0.3) is 5.91 Å². The van der Waals surface area contributed by atoms with Gasteiger partial charge in [0.2, 0.25) is 10.0 Å². The highest BCUT2D eigenvalue weighted by Gasteiger charge is 2.18. The number of hydrogen-bond donors (Lipinski definition) is 1. The Bertz CT molecular complexity index is 1130. The van der Waals surface area contributed by atoms with Crippen molar-refractivity contribution < 1.29 is 13.2 Å². The van der Waals surface area contributed by atoms with Crippen LogP contribution in [0, 0.1) is 0 Å². The summed E-state index contributed by atoms with van der Waals surface area (Å²) in [4.78, 5) is 12.6. The van der Waals surface area contributed by atoms with Crippen molar-refractivity contribution >= 4 is 39.5 Å². The van der Waals surface area contributed by atoms with Crippen molar-refractivity contribution in [2.24, 2.45) is 0 Å². The third-order valence-corrected chi connectivity index (χ3v) is 5.60. The molecule has 0 saturated carbocycles. The molecule has 3 aromatic carbocycles. The molecule has 0 fully saturated rings. The van der Waals surface area contributed by atoms with Crippen LogP contribution in [0.15, 0.2) is 78.9 Å². The topological polar surface area (TPSA) is 66.5 Å². The Balaban J connectivity index is 1.97. The highest BCUT2D eigenvalue weighted by Crippen LogP contribution is 2.29. The van der Waals surface area contributed by atoms with Crippen LogP contribution < -0.4 is 9.62 Å². The molecule has 0 spiro atoms. The van der Waals surface area contributed by atoms with Crippen molar-refractivity contribution in [1.82, 2.24) is 0 Å². The van der Waals surface area contributed by atoms with E-state index in [1.165, 1.54) is 7.05 Å². The molecule has 29 heavy (non-hydrogen) atoms. The number of nitrogens with one attached hydrogen (secondary N) is 1. The van der Waals surface area contributed by atoms with Gasteiger partial charge in [-0.2, -0.15) is 0 Å². The zero-order valence-corrected chi connectivity index (χ0v) is 17.1. The van der Waals surface area contributed by atoms with Crippen LogP contribution in [-0.2, 0) is 10.0 Å². The van der Waals surface area contributed by atoms with Gasteiger partial charge in [-0.25, -0.2) is 8.42 Å². The summed E-state index contributed by atoms with van der Waals surface area (Å²) in [6, 6.07) is 23.9. The number of rotatable bonds is 6. The van der Waals surface area contributed by atoms with E-state index in [-0.39, 0.29) is 5.91 Å². The van der Waals surface area contributed by atoms with Crippen LogP contribution in [0.1, 0.15) is 21.5 Å². The first-order valence-corrected chi connectivity index (χ1v) is 10.9. The maximum atomic E-state index is 12.6. The molecule has 0 heterocycles. The molecular formula is C23H22N2O3S. The van der Waals surface area contributed by atoms with E-state index in [1.54, 1.807) is 36.4 Å². The van der Waals surface area contributed by atoms with Gasteiger partial charge in [0.15, 0.2) is 0 Å². The van der Waals surface area contributed by atoms with Crippen molar-refractivity contribution in [2.45, 2.75) is 0 Å². The van der Waals surface area contributed by atoms with Gasteiger partial charge in [-0.15, -0.1) is 0 Å². The zero-order valence-electron chi connectivity index (χ0n) is 16.2. The Morgan fingerprint density at radius 1 is 0.862 bits per heavy atom. The minimum absolute atomic E-state index is 0.307. The predicted molar refractivity (Wildman–Crippen MR) is 119 cm³/mol. The monoisotopic (exact) mass is 406 g/mol. The quantitative estimate of drug-likeness (QED) is 0.613. The second-order valence-corrected chi connectivity index (χ2v) is 8.59. The average Bonchev–Trinajstić information content (AvgIpc) is 2.72. The Morgan fingerprint density at radius 3 is 2.07 bits per heavy atom. The summed E-state index contributed by atoms with van der Waals surface area (Å²) < 4.78 is 25.2. The van der Waals surface area contributed by atoms with E-state index >= 15 is 0 Å². The van der Waals surface area contributed by atoms with Gasteiger partial charge in [0.05, 0.1) is 17.6 Å². The highest BCUT2D eigenvalue weighted by molar-refractivity contribution is 7.92. The number of anilines is 2. The molecule has 0 aromatic heterocycles. The molecular weight excluding hydrogens is 384 g/mol. The summed E-state index contributed by atoms with van der Waals surface area (Å²) in [5.41, 5.74) is 3.18. The molecule has 1 amide bonds. The van der Waals surface area contributed by atoms with Gasteiger partial charge in [-0.1, -0.05) is 66.7 Å². The van der Waals surface area contributed by atoms with Gasteiger partial charge in [-0.3, -0.25) is 9.10 Å². The van der Waals surface area contributed by atoms with Crippen molar-refractivity contribution in [3.8, 4) is 0 Å². The van der Waals surface area contributed by atoms with Crippen LogP contribution >= 0.6 is 0 Å². The lowest BCUT2D eigenvalue weighted by atomic mass is 10.1. The molecule has 0 bridgehead atoms. The smallest absolute Gasteiger partial charge is 0.255 e. The van der Waals surface area contributed by atoms with Crippen LogP contribution in [0.3, 0.4) is 0 Å². The number of hydrogen-bond acceptors (Lipinski definition) is 3. The van der Waals surface area contributed by atoms with E-state index < -0.39 is 10.0 Å². The molecule has 0 atom stereocenters. The zero-order chi connectivity index (χ0) is 20.9. The normalized spacial score (nSPS) is 11.4. The summed E-state index contributed by atoms with van der Waals surface area (Å²) in [6.07, 6.45) is 4.99. The van der Waals surface area contributed by atoms with Gasteiger partial charge in [0, 0.05) is 12.6 Å². The molecule has 5 nitrogen and oxygen atoms in total.